The number of aryl methyl sites for hydroxylation is 1. The number of nitrogens with zero attached hydrogens (tertiary/aromatic N) is 5. The minimum Gasteiger partial charge on any atom is -0.493 e. The van der Waals surface area contributed by atoms with Gasteiger partial charge in [-0.05, 0) is 59.9 Å². The largest absolute Gasteiger partial charge is 0.493 e. The summed E-state index contributed by atoms with van der Waals surface area (Å²) in [6.45, 7) is 2.07. The van der Waals surface area contributed by atoms with Gasteiger partial charge in [0.1, 0.15) is 6.04 Å². The summed E-state index contributed by atoms with van der Waals surface area (Å²) in [7, 11) is 3.18. The van der Waals surface area contributed by atoms with Gasteiger partial charge >= 0.3 is 0 Å². The molecular weight excluding hydrogens is 472 g/mol. The molecule has 2 aromatic carbocycles. The Labute approximate surface area is 214 Å². The van der Waals surface area contributed by atoms with Crippen LogP contribution in [0.4, 0.5) is 5.69 Å². The maximum absolute atomic E-state index is 13.7. The number of aromatic amines is 1. The number of para-hydroxylation sites is 1. The summed E-state index contributed by atoms with van der Waals surface area (Å²) in [5.74, 6) is 1.77. The Hall–Kier alpha value is -3.92. The maximum atomic E-state index is 13.7. The Balaban J connectivity index is 1.53. The zero-order chi connectivity index (χ0) is 25.4. The van der Waals surface area contributed by atoms with Crippen molar-refractivity contribution in [2.24, 2.45) is 0 Å². The Morgan fingerprint density at radius 3 is 2.78 bits per heavy atom. The van der Waals surface area contributed by atoms with Gasteiger partial charge in [-0.1, -0.05) is 18.2 Å². The Morgan fingerprint density at radius 1 is 1.14 bits per heavy atom. The second-order valence-corrected chi connectivity index (χ2v) is 9.53. The SMILES string of the molecule is COc1cc2cc([C@@H](c3nnnn3C[C@@H]3CCCO3)N3CCCc4ccccc43)c(=O)[nH]c2cc1OC. The lowest BCUT2D eigenvalue weighted by molar-refractivity contribution is 0.0924. The zero-order valence-electron chi connectivity index (χ0n) is 21.0. The molecule has 2 aromatic heterocycles. The van der Waals surface area contributed by atoms with Gasteiger partial charge in [0.05, 0.1) is 32.4 Å². The topological polar surface area (TPSA) is 107 Å². The molecule has 2 aliphatic heterocycles. The third-order valence-corrected chi connectivity index (χ3v) is 7.33. The first kappa shape index (κ1) is 23.5. The van der Waals surface area contributed by atoms with Crippen LogP contribution in [0.5, 0.6) is 11.5 Å². The third-order valence-electron chi connectivity index (χ3n) is 7.33. The zero-order valence-corrected chi connectivity index (χ0v) is 21.0. The molecule has 4 aromatic rings. The number of methoxy groups -OCH3 is 2. The van der Waals surface area contributed by atoms with Crippen molar-refractivity contribution in [3.8, 4) is 11.5 Å². The van der Waals surface area contributed by atoms with Crippen LogP contribution < -0.4 is 19.9 Å². The number of aromatic nitrogens is 5. The normalized spacial score (nSPS) is 18.1. The minimum atomic E-state index is -0.487. The molecule has 2 atom stereocenters. The lowest BCUT2D eigenvalue weighted by Gasteiger charge is -2.37. The fraction of sp³-hybridized carbons (Fsp3) is 0.407. The van der Waals surface area contributed by atoms with Crippen LogP contribution in [0.25, 0.3) is 10.9 Å². The van der Waals surface area contributed by atoms with Crippen LogP contribution in [0.2, 0.25) is 0 Å². The van der Waals surface area contributed by atoms with Crippen LogP contribution in [0.3, 0.4) is 0 Å². The molecule has 1 fully saturated rings. The average Bonchev–Trinajstić information content (AvgIpc) is 3.61. The van der Waals surface area contributed by atoms with Gasteiger partial charge in [0.25, 0.3) is 5.56 Å². The number of anilines is 1. The Morgan fingerprint density at radius 2 is 1.97 bits per heavy atom. The van der Waals surface area contributed by atoms with Gasteiger partial charge in [0, 0.05) is 35.9 Å². The van der Waals surface area contributed by atoms with Gasteiger partial charge in [0.15, 0.2) is 17.3 Å². The highest BCUT2D eigenvalue weighted by Crippen LogP contribution is 2.38. The summed E-state index contributed by atoms with van der Waals surface area (Å²) in [6, 6.07) is 13.4. The van der Waals surface area contributed by atoms with E-state index in [1.807, 2.05) is 18.2 Å². The molecule has 1 saturated heterocycles. The number of fused-ring (bicyclic) bond motifs is 2. The van der Waals surface area contributed by atoms with E-state index in [1.54, 1.807) is 25.0 Å². The van der Waals surface area contributed by atoms with Gasteiger partial charge < -0.3 is 24.1 Å². The summed E-state index contributed by atoms with van der Waals surface area (Å²) < 4.78 is 18.6. The lowest BCUT2D eigenvalue weighted by atomic mass is 9.96. The predicted molar refractivity (Wildman–Crippen MR) is 138 cm³/mol. The number of tetrazole rings is 1. The highest BCUT2D eigenvalue weighted by Gasteiger charge is 2.34. The first-order chi connectivity index (χ1) is 18.2. The van der Waals surface area contributed by atoms with Crippen LogP contribution in [-0.4, -0.2) is 58.7 Å². The molecule has 0 unspecified atom stereocenters. The number of hydrogen-bond acceptors (Lipinski definition) is 8. The van der Waals surface area contributed by atoms with E-state index in [0.29, 0.717) is 34.9 Å². The smallest absolute Gasteiger partial charge is 0.254 e. The number of rotatable bonds is 7. The van der Waals surface area contributed by atoms with E-state index in [1.165, 1.54) is 5.56 Å². The van der Waals surface area contributed by atoms with Crippen molar-refractivity contribution in [2.75, 3.05) is 32.3 Å². The molecule has 2 aliphatic rings. The average molecular weight is 503 g/mol. The molecule has 0 radical (unpaired) electrons. The van der Waals surface area contributed by atoms with Crippen LogP contribution in [0.1, 0.15) is 42.3 Å². The van der Waals surface area contributed by atoms with Crippen molar-refractivity contribution in [2.45, 2.75) is 44.4 Å². The Bertz CT molecular complexity index is 1480. The van der Waals surface area contributed by atoms with E-state index in [9.17, 15) is 4.79 Å². The van der Waals surface area contributed by atoms with Gasteiger partial charge in [-0.25, -0.2) is 4.68 Å². The van der Waals surface area contributed by atoms with Crippen molar-refractivity contribution in [1.82, 2.24) is 25.2 Å². The fourth-order valence-electron chi connectivity index (χ4n) is 5.55. The van der Waals surface area contributed by atoms with Gasteiger partial charge in [0.2, 0.25) is 0 Å². The first-order valence-corrected chi connectivity index (χ1v) is 12.7. The van der Waals surface area contributed by atoms with Crippen LogP contribution in [0.15, 0.2) is 47.3 Å². The molecule has 1 N–H and O–H groups in total. The maximum Gasteiger partial charge on any atom is 0.254 e. The molecule has 192 valence electrons. The lowest BCUT2D eigenvalue weighted by Crippen LogP contribution is -2.39. The number of ether oxygens (including phenoxy) is 3. The van der Waals surface area contributed by atoms with Crippen molar-refractivity contribution in [3.05, 3.63) is 69.8 Å². The highest BCUT2D eigenvalue weighted by molar-refractivity contribution is 5.83. The molecule has 0 bridgehead atoms. The van der Waals surface area contributed by atoms with Crippen LogP contribution >= 0.6 is 0 Å². The highest BCUT2D eigenvalue weighted by atomic mass is 16.5. The second-order valence-electron chi connectivity index (χ2n) is 9.53. The number of H-pyrrole nitrogens is 1. The van der Waals surface area contributed by atoms with Gasteiger partial charge in [-0.15, -0.1) is 5.10 Å². The van der Waals surface area contributed by atoms with Crippen molar-refractivity contribution >= 4 is 16.6 Å². The Kier molecular flexibility index (Phi) is 6.25. The molecule has 0 aliphatic carbocycles. The van der Waals surface area contributed by atoms with E-state index in [-0.39, 0.29) is 11.7 Å². The van der Waals surface area contributed by atoms with E-state index >= 15 is 0 Å². The molecule has 0 spiro atoms. The number of pyridine rings is 1. The van der Waals surface area contributed by atoms with E-state index in [2.05, 4.69) is 43.6 Å². The quantitative estimate of drug-likeness (QED) is 0.410. The summed E-state index contributed by atoms with van der Waals surface area (Å²) >= 11 is 0. The summed E-state index contributed by atoms with van der Waals surface area (Å²) in [4.78, 5) is 19.0. The fourth-order valence-corrected chi connectivity index (χ4v) is 5.55. The van der Waals surface area contributed by atoms with Crippen molar-refractivity contribution < 1.29 is 14.2 Å². The molecule has 6 rings (SSSR count). The third kappa shape index (κ3) is 4.31. The summed E-state index contributed by atoms with van der Waals surface area (Å²) in [6.07, 6.45) is 4.01. The number of nitrogens with one attached hydrogen (secondary N) is 1. The molecule has 10 heteroatoms. The molecule has 4 heterocycles. The van der Waals surface area contributed by atoms with Gasteiger partial charge in [-0.2, -0.15) is 0 Å². The molecule has 0 amide bonds. The number of hydrogen-bond donors (Lipinski definition) is 1. The molecule has 37 heavy (non-hydrogen) atoms. The van der Waals surface area contributed by atoms with E-state index in [4.69, 9.17) is 14.2 Å². The predicted octanol–water partition coefficient (Wildman–Crippen LogP) is 3.25. The standard InChI is InChI=1S/C27H30N6O4/c1-35-23-14-18-13-20(27(34)28-21(18)15-24(23)36-2)25(32-11-5-8-17-7-3-4-10-22(17)32)26-29-30-31-33(26)16-19-9-6-12-37-19/h3-4,7,10,13-15,19,25H,5-6,8-9,11-12,16H2,1-2H3,(H,28,34)/t19-,25-/m0/s1. The number of benzene rings is 2. The molecular formula is C27H30N6O4. The van der Waals surface area contributed by atoms with E-state index in [0.717, 1.165) is 49.9 Å². The summed E-state index contributed by atoms with van der Waals surface area (Å²) in [5, 5.41) is 13.7. The molecule has 0 saturated carbocycles. The van der Waals surface area contributed by atoms with Crippen LogP contribution in [0, 0.1) is 0 Å². The van der Waals surface area contributed by atoms with Crippen molar-refractivity contribution in [1.29, 1.82) is 0 Å². The molecule has 10 nitrogen and oxygen atoms in total. The van der Waals surface area contributed by atoms with Crippen LogP contribution in [-0.2, 0) is 17.7 Å². The van der Waals surface area contributed by atoms with Crippen molar-refractivity contribution in [3.63, 3.8) is 0 Å². The van der Waals surface area contributed by atoms with E-state index < -0.39 is 6.04 Å². The second kappa shape index (κ2) is 9.85. The summed E-state index contributed by atoms with van der Waals surface area (Å²) in [5.41, 5.74) is 3.39. The van der Waals surface area contributed by atoms with Gasteiger partial charge in [-0.3, -0.25) is 4.79 Å². The monoisotopic (exact) mass is 502 g/mol. The minimum absolute atomic E-state index is 0.0585. The first-order valence-electron chi connectivity index (χ1n) is 12.7.